The minimum atomic E-state index is 0. The van der Waals surface area contributed by atoms with E-state index in [1.807, 2.05) is 6.92 Å². The van der Waals surface area contributed by atoms with Crippen LogP contribution in [0.1, 0.15) is 33.6 Å². The van der Waals surface area contributed by atoms with Crippen LogP contribution >= 0.6 is 24.0 Å². The molecule has 0 aliphatic carbocycles. The fourth-order valence-electron chi connectivity index (χ4n) is 1.16. The topological polar surface area (TPSA) is 45.7 Å². The highest BCUT2D eigenvalue weighted by atomic mass is 127. The second kappa shape index (κ2) is 15.0. The van der Waals surface area contributed by atoms with Crippen LogP contribution < -0.4 is 10.6 Å². The second-order valence-electron chi connectivity index (χ2n) is 3.20. The van der Waals surface area contributed by atoms with Crippen LogP contribution in [0.15, 0.2) is 4.99 Å². The molecule has 0 atom stereocenters. The van der Waals surface area contributed by atoms with Crippen molar-refractivity contribution in [2.45, 2.75) is 33.6 Å². The van der Waals surface area contributed by atoms with Gasteiger partial charge in [-0.3, -0.25) is 4.99 Å². The molecule has 0 fully saturated rings. The van der Waals surface area contributed by atoms with Gasteiger partial charge >= 0.3 is 0 Å². The summed E-state index contributed by atoms with van der Waals surface area (Å²) in [6, 6.07) is 0. The quantitative estimate of drug-likeness (QED) is 0.307. The molecule has 0 aliphatic heterocycles. The molecular formula is C11H26IN3O. The van der Waals surface area contributed by atoms with Crippen molar-refractivity contribution in [2.24, 2.45) is 4.99 Å². The van der Waals surface area contributed by atoms with E-state index in [2.05, 4.69) is 29.5 Å². The number of halogens is 1. The van der Waals surface area contributed by atoms with Gasteiger partial charge in [-0.15, -0.1) is 24.0 Å². The number of rotatable bonds is 8. The van der Waals surface area contributed by atoms with Crippen molar-refractivity contribution < 1.29 is 4.74 Å². The molecule has 0 amide bonds. The lowest BCUT2D eigenvalue weighted by molar-refractivity contribution is 0.144. The zero-order valence-corrected chi connectivity index (χ0v) is 13.0. The molecule has 0 aromatic rings. The van der Waals surface area contributed by atoms with Gasteiger partial charge in [-0.25, -0.2) is 0 Å². The molecular weight excluding hydrogens is 317 g/mol. The number of nitrogens with zero attached hydrogens (tertiary/aromatic N) is 1. The Morgan fingerprint density at radius 1 is 1.06 bits per heavy atom. The van der Waals surface area contributed by atoms with E-state index < -0.39 is 0 Å². The molecule has 0 saturated carbocycles. The Labute approximate surface area is 117 Å². The van der Waals surface area contributed by atoms with Crippen LogP contribution in [-0.2, 0) is 4.74 Å². The predicted molar refractivity (Wildman–Crippen MR) is 80.8 cm³/mol. The number of ether oxygens (including phenoxy) is 1. The average Bonchev–Trinajstić information content (AvgIpc) is 2.24. The highest BCUT2D eigenvalue weighted by Gasteiger charge is 1.93. The highest BCUT2D eigenvalue weighted by molar-refractivity contribution is 14.0. The standard InChI is InChI=1S/C11H25N3O.HI/c1-4-12-11(13-5-2)14-9-7-8-10-15-6-3;/h4-10H2,1-3H3,(H2,12,13,14);1H. The Morgan fingerprint density at radius 3 is 2.19 bits per heavy atom. The third-order valence-corrected chi connectivity index (χ3v) is 1.86. The lowest BCUT2D eigenvalue weighted by atomic mass is 10.3. The summed E-state index contributed by atoms with van der Waals surface area (Å²) in [6.07, 6.45) is 2.17. The van der Waals surface area contributed by atoms with Gasteiger partial charge in [0.25, 0.3) is 0 Å². The Kier molecular flexibility index (Phi) is 17.1. The number of hydrogen-bond acceptors (Lipinski definition) is 2. The second-order valence-corrected chi connectivity index (χ2v) is 3.20. The lowest BCUT2D eigenvalue weighted by Crippen LogP contribution is -2.37. The molecule has 0 heterocycles. The first kappa shape index (κ1) is 18.3. The summed E-state index contributed by atoms with van der Waals surface area (Å²) in [5.41, 5.74) is 0. The molecule has 0 saturated heterocycles. The Bertz CT molecular complexity index is 157. The monoisotopic (exact) mass is 343 g/mol. The van der Waals surface area contributed by atoms with Crippen LogP contribution in [0.4, 0.5) is 0 Å². The Hall–Kier alpha value is -0.0400. The first-order valence-corrected chi connectivity index (χ1v) is 5.95. The van der Waals surface area contributed by atoms with Crippen molar-refractivity contribution in [3.8, 4) is 0 Å². The fraction of sp³-hybridized carbons (Fsp3) is 0.909. The number of unbranched alkanes of at least 4 members (excludes halogenated alkanes) is 1. The first-order chi connectivity index (χ1) is 7.35. The highest BCUT2D eigenvalue weighted by Crippen LogP contribution is 1.90. The summed E-state index contributed by atoms with van der Waals surface area (Å²) in [6.45, 7) is 10.5. The Morgan fingerprint density at radius 2 is 1.69 bits per heavy atom. The zero-order chi connectivity index (χ0) is 11.4. The molecule has 0 radical (unpaired) electrons. The summed E-state index contributed by atoms with van der Waals surface area (Å²) in [5.74, 6) is 0.913. The van der Waals surface area contributed by atoms with E-state index in [9.17, 15) is 0 Å². The minimum absolute atomic E-state index is 0. The van der Waals surface area contributed by atoms with Gasteiger partial charge in [0, 0.05) is 32.8 Å². The fourth-order valence-corrected chi connectivity index (χ4v) is 1.16. The van der Waals surface area contributed by atoms with E-state index in [1.54, 1.807) is 0 Å². The molecule has 5 heteroatoms. The van der Waals surface area contributed by atoms with E-state index in [0.29, 0.717) is 0 Å². The van der Waals surface area contributed by atoms with E-state index >= 15 is 0 Å². The van der Waals surface area contributed by atoms with Crippen molar-refractivity contribution in [1.82, 2.24) is 10.6 Å². The van der Waals surface area contributed by atoms with Gasteiger partial charge in [0.15, 0.2) is 5.96 Å². The van der Waals surface area contributed by atoms with Crippen LogP contribution in [0.3, 0.4) is 0 Å². The van der Waals surface area contributed by atoms with E-state index in [4.69, 9.17) is 4.74 Å². The van der Waals surface area contributed by atoms with Crippen molar-refractivity contribution in [3.63, 3.8) is 0 Å². The van der Waals surface area contributed by atoms with Gasteiger partial charge < -0.3 is 15.4 Å². The molecule has 0 rings (SSSR count). The zero-order valence-electron chi connectivity index (χ0n) is 10.7. The summed E-state index contributed by atoms with van der Waals surface area (Å²) in [4.78, 5) is 4.44. The number of nitrogens with one attached hydrogen (secondary N) is 2. The van der Waals surface area contributed by atoms with Gasteiger partial charge in [0.2, 0.25) is 0 Å². The lowest BCUT2D eigenvalue weighted by Gasteiger charge is -2.08. The molecule has 0 aromatic carbocycles. The summed E-state index contributed by atoms with van der Waals surface area (Å²) in [5, 5.41) is 6.39. The molecule has 0 aliphatic rings. The van der Waals surface area contributed by atoms with Crippen LogP contribution in [0, 0.1) is 0 Å². The van der Waals surface area contributed by atoms with Gasteiger partial charge in [0.05, 0.1) is 0 Å². The summed E-state index contributed by atoms with van der Waals surface area (Å²) < 4.78 is 5.26. The number of aliphatic imine (C=N–C) groups is 1. The summed E-state index contributed by atoms with van der Waals surface area (Å²) in [7, 11) is 0. The molecule has 16 heavy (non-hydrogen) atoms. The third-order valence-electron chi connectivity index (χ3n) is 1.86. The number of hydrogen-bond donors (Lipinski definition) is 2. The first-order valence-electron chi connectivity index (χ1n) is 5.95. The molecule has 98 valence electrons. The van der Waals surface area contributed by atoms with Crippen LogP contribution in [-0.4, -0.2) is 38.8 Å². The molecule has 0 unspecified atom stereocenters. The summed E-state index contributed by atoms with van der Waals surface area (Å²) >= 11 is 0. The van der Waals surface area contributed by atoms with Crippen LogP contribution in [0.25, 0.3) is 0 Å². The van der Waals surface area contributed by atoms with E-state index in [1.165, 1.54) is 0 Å². The predicted octanol–water partition coefficient (Wildman–Crippen LogP) is 2.00. The largest absolute Gasteiger partial charge is 0.382 e. The van der Waals surface area contributed by atoms with Gasteiger partial charge in [0.1, 0.15) is 0 Å². The maximum atomic E-state index is 5.26. The maximum absolute atomic E-state index is 5.26. The normalized spacial score (nSPS) is 9.19. The van der Waals surface area contributed by atoms with Gasteiger partial charge in [-0.2, -0.15) is 0 Å². The Balaban J connectivity index is 0. The molecule has 0 aromatic heterocycles. The van der Waals surface area contributed by atoms with Crippen LogP contribution in [0.2, 0.25) is 0 Å². The van der Waals surface area contributed by atoms with Crippen LogP contribution in [0.5, 0.6) is 0 Å². The van der Waals surface area contributed by atoms with Crippen molar-refractivity contribution in [3.05, 3.63) is 0 Å². The van der Waals surface area contributed by atoms with Crippen molar-refractivity contribution in [1.29, 1.82) is 0 Å². The van der Waals surface area contributed by atoms with Gasteiger partial charge in [-0.05, 0) is 33.6 Å². The molecule has 0 bridgehead atoms. The van der Waals surface area contributed by atoms with Gasteiger partial charge in [-0.1, -0.05) is 0 Å². The van der Waals surface area contributed by atoms with Crippen molar-refractivity contribution in [2.75, 3.05) is 32.8 Å². The van der Waals surface area contributed by atoms with Crippen molar-refractivity contribution >= 4 is 29.9 Å². The number of guanidine groups is 1. The smallest absolute Gasteiger partial charge is 0.191 e. The van der Waals surface area contributed by atoms with E-state index in [-0.39, 0.29) is 24.0 Å². The molecule has 4 nitrogen and oxygen atoms in total. The van der Waals surface area contributed by atoms with E-state index in [0.717, 1.165) is 51.6 Å². The molecule has 0 spiro atoms. The molecule has 2 N–H and O–H groups in total. The SMILES string of the molecule is CCNC(=NCCCCOCC)NCC.I. The average molecular weight is 343 g/mol. The maximum Gasteiger partial charge on any atom is 0.191 e. The third kappa shape index (κ3) is 12.0. The minimum Gasteiger partial charge on any atom is -0.382 e.